The van der Waals surface area contributed by atoms with Crippen LogP contribution >= 0.6 is 11.3 Å². The molecule has 0 saturated heterocycles. The topological polar surface area (TPSA) is 132 Å². The Balaban J connectivity index is 1.37. The van der Waals surface area contributed by atoms with Gasteiger partial charge in [-0.3, -0.25) is 19.7 Å². The van der Waals surface area contributed by atoms with Gasteiger partial charge in [0.15, 0.2) is 5.82 Å². The molecule has 0 aliphatic rings. The van der Waals surface area contributed by atoms with Gasteiger partial charge in [0.2, 0.25) is 10.8 Å². The lowest BCUT2D eigenvalue weighted by atomic mass is 10.2. The van der Waals surface area contributed by atoms with Crippen molar-refractivity contribution < 1.29 is 23.3 Å². The number of nitro groups is 1. The quantitative estimate of drug-likeness (QED) is 0.252. The summed E-state index contributed by atoms with van der Waals surface area (Å²) in [6, 6.07) is 8.88. The average Bonchev–Trinajstić information content (AvgIpc) is 3.36. The summed E-state index contributed by atoms with van der Waals surface area (Å²) in [4.78, 5) is 38.8. The van der Waals surface area contributed by atoms with E-state index in [1.807, 2.05) is 0 Å². The summed E-state index contributed by atoms with van der Waals surface area (Å²) in [5.41, 5.74) is 0.0497. The molecule has 0 aliphatic carbocycles. The maximum atomic E-state index is 14.0. The minimum atomic E-state index is -1.06. The highest BCUT2D eigenvalue weighted by molar-refractivity contribution is 7.15. The molecule has 2 heterocycles. The van der Waals surface area contributed by atoms with Crippen LogP contribution in [0.3, 0.4) is 0 Å². The van der Waals surface area contributed by atoms with E-state index < -0.39 is 34.1 Å². The van der Waals surface area contributed by atoms with Crippen molar-refractivity contribution in [1.29, 1.82) is 0 Å². The summed E-state index contributed by atoms with van der Waals surface area (Å²) in [6.07, 6.45) is 0.307. The number of rotatable bonds is 6. The molecule has 0 fully saturated rings. The largest absolute Gasteiger partial charge is 0.347 e. The standard InChI is InChI=1S/C20H14F2N6O4S/c21-14-4-2-1-3-13(14)17-25-20-27(26-17)12(10-33-20)7-8-23-18(29)19(30)24-11-5-6-15(22)16(9-11)28(31)32/h1-6,9-10H,7-8H2,(H,23,29)(H,24,30). The summed E-state index contributed by atoms with van der Waals surface area (Å²) in [5.74, 6) is -3.30. The van der Waals surface area contributed by atoms with Crippen LogP contribution in [0.25, 0.3) is 16.3 Å². The number of thiazole rings is 1. The number of carbonyl (C=O) groups excluding carboxylic acids is 2. The highest BCUT2D eigenvalue weighted by atomic mass is 32.1. The third-order valence-corrected chi connectivity index (χ3v) is 5.40. The summed E-state index contributed by atoms with van der Waals surface area (Å²) >= 11 is 1.30. The number of nitrogens with one attached hydrogen (secondary N) is 2. The fraction of sp³-hybridized carbons (Fsp3) is 0.100. The molecule has 10 nitrogen and oxygen atoms in total. The molecular formula is C20H14F2N6O4S. The molecule has 13 heteroatoms. The van der Waals surface area contributed by atoms with E-state index in [1.165, 1.54) is 21.9 Å². The highest BCUT2D eigenvalue weighted by Crippen LogP contribution is 2.23. The first-order chi connectivity index (χ1) is 15.8. The van der Waals surface area contributed by atoms with Crippen molar-refractivity contribution in [2.75, 3.05) is 11.9 Å². The fourth-order valence-electron chi connectivity index (χ4n) is 2.96. The second-order valence-corrected chi connectivity index (χ2v) is 7.56. The van der Waals surface area contributed by atoms with E-state index in [4.69, 9.17) is 0 Å². The van der Waals surface area contributed by atoms with Gasteiger partial charge in [-0.05, 0) is 24.3 Å². The zero-order chi connectivity index (χ0) is 23.5. The van der Waals surface area contributed by atoms with E-state index in [-0.39, 0.29) is 23.6 Å². The zero-order valence-electron chi connectivity index (χ0n) is 16.6. The first kappa shape index (κ1) is 22.0. The second-order valence-electron chi connectivity index (χ2n) is 6.72. The van der Waals surface area contributed by atoms with E-state index in [1.54, 1.807) is 23.6 Å². The van der Waals surface area contributed by atoms with Gasteiger partial charge in [-0.1, -0.05) is 12.1 Å². The number of anilines is 1. The summed E-state index contributed by atoms with van der Waals surface area (Å²) < 4.78 is 28.9. The molecule has 2 amide bonds. The molecule has 33 heavy (non-hydrogen) atoms. The van der Waals surface area contributed by atoms with Gasteiger partial charge >= 0.3 is 17.5 Å². The van der Waals surface area contributed by atoms with E-state index in [9.17, 15) is 28.5 Å². The molecule has 0 unspecified atom stereocenters. The van der Waals surface area contributed by atoms with Crippen LogP contribution in [0.15, 0.2) is 47.8 Å². The normalized spacial score (nSPS) is 10.8. The van der Waals surface area contributed by atoms with Gasteiger partial charge < -0.3 is 10.6 Å². The van der Waals surface area contributed by atoms with E-state index in [0.717, 1.165) is 18.2 Å². The Morgan fingerprint density at radius 3 is 2.67 bits per heavy atom. The van der Waals surface area contributed by atoms with Gasteiger partial charge in [0.05, 0.1) is 16.2 Å². The number of nitro benzene ring substituents is 1. The van der Waals surface area contributed by atoms with Crippen LogP contribution in [0.5, 0.6) is 0 Å². The molecule has 0 radical (unpaired) electrons. The summed E-state index contributed by atoms with van der Waals surface area (Å²) in [7, 11) is 0. The van der Waals surface area contributed by atoms with Crippen LogP contribution < -0.4 is 10.6 Å². The number of amides is 2. The maximum Gasteiger partial charge on any atom is 0.313 e. The Morgan fingerprint density at radius 2 is 1.91 bits per heavy atom. The van der Waals surface area contributed by atoms with Gasteiger partial charge in [-0.15, -0.1) is 16.4 Å². The van der Waals surface area contributed by atoms with E-state index in [0.29, 0.717) is 17.1 Å². The third kappa shape index (κ3) is 4.67. The number of aromatic nitrogens is 3. The molecule has 0 aliphatic heterocycles. The molecular weight excluding hydrogens is 458 g/mol. The molecule has 2 aromatic heterocycles. The van der Waals surface area contributed by atoms with Crippen LogP contribution in [-0.2, 0) is 16.0 Å². The first-order valence-electron chi connectivity index (χ1n) is 9.44. The zero-order valence-corrected chi connectivity index (χ0v) is 17.4. The van der Waals surface area contributed by atoms with Crippen molar-refractivity contribution in [2.24, 2.45) is 0 Å². The number of hydrogen-bond acceptors (Lipinski definition) is 7. The minimum Gasteiger partial charge on any atom is -0.347 e. The monoisotopic (exact) mass is 472 g/mol. The van der Waals surface area contributed by atoms with Crippen molar-refractivity contribution in [3.63, 3.8) is 0 Å². The summed E-state index contributed by atoms with van der Waals surface area (Å²) in [5, 5.41) is 21.5. The average molecular weight is 472 g/mol. The molecule has 168 valence electrons. The van der Waals surface area contributed by atoms with Crippen LogP contribution in [0, 0.1) is 21.7 Å². The van der Waals surface area contributed by atoms with Gasteiger partial charge in [0.1, 0.15) is 5.82 Å². The molecule has 0 saturated carbocycles. The molecule has 4 aromatic rings. The Morgan fingerprint density at radius 1 is 1.12 bits per heavy atom. The number of halogens is 2. The van der Waals surface area contributed by atoms with Gasteiger partial charge in [0, 0.05) is 30.1 Å². The Hall–Kier alpha value is -4.26. The SMILES string of the molecule is O=C(NCCc1csc2nc(-c3ccccc3F)nn12)C(=O)Nc1ccc(F)c([N+](=O)[O-])c1. The molecule has 0 atom stereocenters. The Kier molecular flexibility index (Phi) is 6.04. The second kappa shape index (κ2) is 9.08. The highest BCUT2D eigenvalue weighted by Gasteiger charge is 2.19. The van der Waals surface area contributed by atoms with Crippen molar-refractivity contribution in [1.82, 2.24) is 19.9 Å². The van der Waals surface area contributed by atoms with Gasteiger partial charge in [-0.25, -0.2) is 8.91 Å². The Labute approximate surface area is 188 Å². The maximum absolute atomic E-state index is 14.0. The number of hydrogen-bond donors (Lipinski definition) is 2. The number of carbonyl (C=O) groups is 2. The van der Waals surface area contributed by atoms with Crippen molar-refractivity contribution >= 4 is 39.5 Å². The van der Waals surface area contributed by atoms with Crippen LogP contribution in [-0.4, -0.2) is 37.9 Å². The number of benzene rings is 2. The fourth-order valence-corrected chi connectivity index (χ4v) is 3.81. The third-order valence-electron chi connectivity index (χ3n) is 4.54. The molecule has 2 aromatic carbocycles. The van der Waals surface area contributed by atoms with E-state index in [2.05, 4.69) is 20.7 Å². The van der Waals surface area contributed by atoms with Crippen LogP contribution in [0.1, 0.15) is 5.69 Å². The lowest BCUT2D eigenvalue weighted by Gasteiger charge is -2.06. The van der Waals surface area contributed by atoms with E-state index >= 15 is 0 Å². The predicted octanol–water partition coefficient (Wildman–Crippen LogP) is 2.94. The van der Waals surface area contributed by atoms with Crippen molar-refractivity contribution in [2.45, 2.75) is 6.42 Å². The van der Waals surface area contributed by atoms with Gasteiger partial charge in [-0.2, -0.15) is 9.37 Å². The van der Waals surface area contributed by atoms with Crippen LogP contribution in [0.2, 0.25) is 0 Å². The minimum absolute atomic E-state index is 0.0799. The number of nitrogens with zero attached hydrogens (tertiary/aromatic N) is 4. The molecule has 2 N–H and O–H groups in total. The van der Waals surface area contributed by atoms with Gasteiger partial charge in [0.25, 0.3) is 0 Å². The smallest absolute Gasteiger partial charge is 0.313 e. The first-order valence-corrected chi connectivity index (χ1v) is 10.3. The molecule has 4 rings (SSSR count). The molecule has 0 bridgehead atoms. The lowest BCUT2D eigenvalue weighted by Crippen LogP contribution is -2.36. The Bertz CT molecular complexity index is 1390. The lowest BCUT2D eigenvalue weighted by molar-refractivity contribution is -0.387. The predicted molar refractivity (Wildman–Crippen MR) is 115 cm³/mol. The van der Waals surface area contributed by atoms with Crippen LogP contribution in [0.4, 0.5) is 20.2 Å². The van der Waals surface area contributed by atoms with Crippen molar-refractivity contribution in [3.8, 4) is 11.4 Å². The summed E-state index contributed by atoms with van der Waals surface area (Å²) in [6.45, 7) is 0.0799. The molecule has 0 spiro atoms. The van der Waals surface area contributed by atoms with Crippen molar-refractivity contribution in [3.05, 3.63) is 75.3 Å². The number of fused-ring (bicyclic) bond motifs is 1.